The summed E-state index contributed by atoms with van der Waals surface area (Å²) in [5.41, 5.74) is 6.67. The van der Waals surface area contributed by atoms with Gasteiger partial charge in [-0.05, 0) is 42.0 Å². The highest BCUT2D eigenvalue weighted by molar-refractivity contribution is 7.94. The molecule has 0 aliphatic carbocycles. The van der Waals surface area contributed by atoms with Crippen LogP contribution in [0.5, 0.6) is 5.75 Å². The highest BCUT2D eigenvalue weighted by atomic mass is 32.2. The van der Waals surface area contributed by atoms with E-state index in [9.17, 15) is 8.42 Å². The zero-order valence-electron chi connectivity index (χ0n) is 11.0. The number of sulfone groups is 1. The molecule has 104 valence electrons. The number of hydrogen-bond donors (Lipinski definition) is 1. The van der Waals surface area contributed by atoms with Crippen LogP contribution in [-0.2, 0) is 9.84 Å². The molecular formula is C15H15NO3S. The Morgan fingerprint density at radius 3 is 2.20 bits per heavy atom. The SMILES string of the molecule is COc1ccc(/C(N)=C/S(=O)(=O)c2ccccc2)cc1. The van der Waals surface area contributed by atoms with E-state index in [4.69, 9.17) is 10.5 Å². The minimum Gasteiger partial charge on any atom is -0.497 e. The van der Waals surface area contributed by atoms with Gasteiger partial charge in [-0.15, -0.1) is 0 Å². The second-order valence-electron chi connectivity index (χ2n) is 4.16. The van der Waals surface area contributed by atoms with E-state index < -0.39 is 9.84 Å². The molecule has 2 N–H and O–H groups in total. The van der Waals surface area contributed by atoms with E-state index in [1.165, 1.54) is 12.1 Å². The molecule has 0 radical (unpaired) electrons. The lowest BCUT2D eigenvalue weighted by molar-refractivity contribution is 0.415. The molecule has 0 heterocycles. The zero-order chi connectivity index (χ0) is 14.6. The average Bonchev–Trinajstić information content (AvgIpc) is 2.48. The molecule has 5 heteroatoms. The smallest absolute Gasteiger partial charge is 0.201 e. The normalized spacial score (nSPS) is 12.2. The molecule has 4 nitrogen and oxygen atoms in total. The first-order valence-corrected chi connectivity index (χ1v) is 7.49. The van der Waals surface area contributed by atoms with Gasteiger partial charge in [0.2, 0.25) is 9.84 Å². The second-order valence-corrected chi connectivity index (χ2v) is 5.96. The highest BCUT2D eigenvalue weighted by Gasteiger charge is 2.11. The number of nitrogens with two attached hydrogens (primary N) is 1. The molecule has 2 rings (SSSR count). The molecule has 2 aromatic rings. The van der Waals surface area contributed by atoms with Crippen LogP contribution >= 0.6 is 0 Å². The maximum Gasteiger partial charge on any atom is 0.201 e. The van der Waals surface area contributed by atoms with Crippen LogP contribution in [-0.4, -0.2) is 15.5 Å². The van der Waals surface area contributed by atoms with Gasteiger partial charge in [-0.1, -0.05) is 18.2 Å². The van der Waals surface area contributed by atoms with Crippen LogP contribution in [0.15, 0.2) is 64.9 Å². The van der Waals surface area contributed by atoms with E-state index in [1.807, 2.05) is 0 Å². The Morgan fingerprint density at radius 1 is 1.05 bits per heavy atom. The Kier molecular flexibility index (Phi) is 4.10. The summed E-state index contributed by atoms with van der Waals surface area (Å²) in [7, 11) is -1.98. The summed E-state index contributed by atoms with van der Waals surface area (Å²) in [5, 5.41) is 1.07. The third-order valence-corrected chi connectivity index (χ3v) is 4.27. The summed E-state index contributed by atoms with van der Waals surface area (Å²) in [6, 6.07) is 15.1. The van der Waals surface area contributed by atoms with E-state index in [1.54, 1.807) is 49.6 Å². The highest BCUT2D eigenvalue weighted by Crippen LogP contribution is 2.19. The van der Waals surface area contributed by atoms with Crippen molar-refractivity contribution in [3.63, 3.8) is 0 Å². The maximum absolute atomic E-state index is 12.2. The molecule has 0 saturated heterocycles. The molecule has 0 saturated carbocycles. The number of methoxy groups -OCH3 is 1. The van der Waals surface area contributed by atoms with Gasteiger partial charge in [0, 0.05) is 0 Å². The van der Waals surface area contributed by atoms with Gasteiger partial charge in [0.25, 0.3) is 0 Å². The van der Waals surface area contributed by atoms with Crippen LogP contribution in [0.2, 0.25) is 0 Å². The van der Waals surface area contributed by atoms with Crippen molar-refractivity contribution >= 4 is 15.5 Å². The molecule has 0 amide bonds. The van der Waals surface area contributed by atoms with E-state index in [0.717, 1.165) is 5.41 Å². The van der Waals surface area contributed by atoms with Crippen LogP contribution in [0.3, 0.4) is 0 Å². The van der Waals surface area contributed by atoms with Gasteiger partial charge in [-0.3, -0.25) is 0 Å². The van der Waals surface area contributed by atoms with E-state index in [0.29, 0.717) is 11.3 Å². The fraction of sp³-hybridized carbons (Fsp3) is 0.0667. The van der Waals surface area contributed by atoms with Crippen molar-refractivity contribution in [2.75, 3.05) is 7.11 Å². The first kappa shape index (κ1) is 14.1. The van der Waals surface area contributed by atoms with E-state index in [-0.39, 0.29) is 10.6 Å². The molecule has 0 bridgehead atoms. The number of benzene rings is 2. The topological polar surface area (TPSA) is 69.4 Å². The Bertz CT molecular complexity index is 705. The monoisotopic (exact) mass is 289 g/mol. The van der Waals surface area contributed by atoms with Gasteiger partial charge >= 0.3 is 0 Å². The number of hydrogen-bond acceptors (Lipinski definition) is 4. The molecule has 0 atom stereocenters. The summed E-state index contributed by atoms with van der Waals surface area (Å²) in [5.74, 6) is 0.687. The molecule has 2 aromatic carbocycles. The average molecular weight is 289 g/mol. The summed E-state index contributed by atoms with van der Waals surface area (Å²) in [6.45, 7) is 0. The van der Waals surface area contributed by atoms with Crippen LogP contribution in [0.4, 0.5) is 0 Å². The van der Waals surface area contributed by atoms with Crippen molar-refractivity contribution in [1.82, 2.24) is 0 Å². The van der Waals surface area contributed by atoms with Crippen molar-refractivity contribution < 1.29 is 13.2 Å². The molecule has 0 aliphatic rings. The third kappa shape index (κ3) is 3.19. The van der Waals surface area contributed by atoms with E-state index in [2.05, 4.69) is 0 Å². The molecule has 0 aliphatic heterocycles. The standard InChI is InChI=1S/C15H15NO3S/c1-19-13-9-7-12(8-10-13)15(16)11-20(17,18)14-5-3-2-4-6-14/h2-11H,16H2,1H3/b15-11-. The van der Waals surface area contributed by atoms with Gasteiger partial charge in [0.15, 0.2) is 0 Å². The molecule has 0 fully saturated rings. The summed E-state index contributed by atoms with van der Waals surface area (Å²) in [4.78, 5) is 0.219. The minimum absolute atomic E-state index is 0.191. The molecule has 0 spiro atoms. The first-order valence-electron chi connectivity index (χ1n) is 5.94. The Balaban J connectivity index is 2.34. The summed E-state index contributed by atoms with van der Waals surface area (Å²) < 4.78 is 29.4. The lowest BCUT2D eigenvalue weighted by Gasteiger charge is -2.05. The van der Waals surface area contributed by atoms with Crippen molar-refractivity contribution in [3.8, 4) is 5.75 Å². The Hall–Kier alpha value is -2.27. The fourth-order valence-electron chi connectivity index (χ4n) is 1.70. The minimum atomic E-state index is -3.54. The van der Waals surface area contributed by atoms with Gasteiger partial charge in [0.05, 0.1) is 23.1 Å². The fourth-order valence-corrected chi connectivity index (χ4v) is 2.84. The predicted molar refractivity (Wildman–Crippen MR) is 78.8 cm³/mol. The summed E-state index contributed by atoms with van der Waals surface area (Å²) in [6.07, 6.45) is 0. The first-order chi connectivity index (χ1) is 9.53. The van der Waals surface area contributed by atoms with Crippen LogP contribution in [0, 0.1) is 0 Å². The molecular weight excluding hydrogens is 274 g/mol. The van der Waals surface area contributed by atoms with Crippen LogP contribution < -0.4 is 10.5 Å². The van der Waals surface area contributed by atoms with E-state index >= 15 is 0 Å². The summed E-state index contributed by atoms with van der Waals surface area (Å²) >= 11 is 0. The lowest BCUT2D eigenvalue weighted by Crippen LogP contribution is -2.03. The third-order valence-electron chi connectivity index (χ3n) is 2.78. The lowest BCUT2D eigenvalue weighted by atomic mass is 10.2. The molecule has 0 aromatic heterocycles. The van der Waals surface area contributed by atoms with Crippen LogP contribution in [0.25, 0.3) is 5.70 Å². The Morgan fingerprint density at radius 2 is 1.65 bits per heavy atom. The number of rotatable bonds is 4. The largest absolute Gasteiger partial charge is 0.497 e. The second kappa shape index (κ2) is 5.79. The van der Waals surface area contributed by atoms with Crippen molar-refractivity contribution in [1.29, 1.82) is 0 Å². The van der Waals surface area contributed by atoms with Gasteiger partial charge in [-0.2, -0.15) is 0 Å². The van der Waals surface area contributed by atoms with Crippen molar-refractivity contribution in [2.24, 2.45) is 5.73 Å². The van der Waals surface area contributed by atoms with Crippen molar-refractivity contribution in [3.05, 3.63) is 65.6 Å². The Labute approximate surface area is 118 Å². The van der Waals surface area contributed by atoms with Gasteiger partial charge < -0.3 is 10.5 Å². The number of ether oxygens (including phenoxy) is 1. The zero-order valence-corrected chi connectivity index (χ0v) is 11.8. The van der Waals surface area contributed by atoms with Gasteiger partial charge in [0.1, 0.15) is 5.75 Å². The molecule has 0 unspecified atom stereocenters. The quantitative estimate of drug-likeness (QED) is 0.938. The van der Waals surface area contributed by atoms with Crippen molar-refractivity contribution in [2.45, 2.75) is 4.90 Å². The van der Waals surface area contributed by atoms with Gasteiger partial charge in [-0.25, -0.2) is 8.42 Å². The maximum atomic E-state index is 12.2. The van der Waals surface area contributed by atoms with Crippen LogP contribution in [0.1, 0.15) is 5.56 Å². The molecule has 20 heavy (non-hydrogen) atoms. The predicted octanol–water partition coefficient (Wildman–Crippen LogP) is 2.43.